The summed E-state index contributed by atoms with van der Waals surface area (Å²) in [7, 11) is 1.63. The third-order valence-electron chi connectivity index (χ3n) is 4.08. The Morgan fingerprint density at radius 2 is 1.96 bits per heavy atom. The Bertz CT molecular complexity index is 824. The van der Waals surface area contributed by atoms with E-state index in [-0.39, 0.29) is 5.91 Å². The highest BCUT2D eigenvalue weighted by atomic mass is 16.5. The van der Waals surface area contributed by atoms with Crippen LogP contribution in [0.15, 0.2) is 54.7 Å². The van der Waals surface area contributed by atoms with Crippen molar-refractivity contribution in [3.63, 3.8) is 0 Å². The van der Waals surface area contributed by atoms with Gasteiger partial charge in [-0.2, -0.15) is 0 Å². The molecule has 3 rings (SSSR count). The third kappa shape index (κ3) is 3.58. The number of fused-ring (bicyclic) bond motifs is 1. The summed E-state index contributed by atoms with van der Waals surface area (Å²) in [6.07, 6.45) is 2.42. The van der Waals surface area contributed by atoms with Crippen molar-refractivity contribution in [2.24, 2.45) is 5.73 Å². The summed E-state index contributed by atoms with van der Waals surface area (Å²) in [5.74, 6) is 0.636. The average molecular weight is 323 g/mol. The molecule has 1 heterocycles. The van der Waals surface area contributed by atoms with Crippen LogP contribution in [-0.2, 0) is 17.8 Å². The molecular formula is C19H21N3O2. The number of para-hydroxylation sites is 1. The molecule has 0 aliphatic rings. The highest BCUT2D eigenvalue weighted by Gasteiger charge is 2.15. The zero-order valence-corrected chi connectivity index (χ0v) is 13.6. The molecule has 0 aliphatic carbocycles. The van der Waals surface area contributed by atoms with Crippen molar-refractivity contribution in [2.75, 3.05) is 7.11 Å². The zero-order chi connectivity index (χ0) is 16.9. The van der Waals surface area contributed by atoms with Gasteiger partial charge in [0.1, 0.15) is 5.75 Å². The maximum Gasteiger partial charge on any atom is 0.237 e. The summed E-state index contributed by atoms with van der Waals surface area (Å²) >= 11 is 0. The second-order valence-corrected chi connectivity index (χ2v) is 5.74. The van der Waals surface area contributed by atoms with Crippen molar-refractivity contribution in [3.8, 4) is 5.75 Å². The lowest BCUT2D eigenvalue weighted by Gasteiger charge is -2.12. The van der Waals surface area contributed by atoms with Crippen molar-refractivity contribution < 1.29 is 9.53 Å². The lowest BCUT2D eigenvalue weighted by Crippen LogP contribution is -2.41. The SMILES string of the molecule is COc1ccc(CNC(=O)[C@H](N)Cc2c[nH]c3ccccc23)cc1. The number of benzene rings is 2. The summed E-state index contributed by atoms with van der Waals surface area (Å²) < 4.78 is 5.12. The molecule has 1 aromatic heterocycles. The molecule has 1 amide bonds. The van der Waals surface area contributed by atoms with E-state index in [2.05, 4.69) is 10.3 Å². The van der Waals surface area contributed by atoms with Crippen molar-refractivity contribution >= 4 is 16.8 Å². The molecule has 0 spiro atoms. The van der Waals surface area contributed by atoms with E-state index in [1.807, 2.05) is 54.7 Å². The number of carbonyl (C=O) groups excluding carboxylic acids is 1. The Morgan fingerprint density at radius 1 is 1.21 bits per heavy atom. The van der Waals surface area contributed by atoms with Crippen LogP contribution in [0.25, 0.3) is 10.9 Å². The number of aromatic nitrogens is 1. The van der Waals surface area contributed by atoms with Crippen LogP contribution >= 0.6 is 0 Å². The molecule has 3 aromatic rings. The molecule has 5 heteroatoms. The monoisotopic (exact) mass is 323 g/mol. The maximum absolute atomic E-state index is 12.2. The minimum absolute atomic E-state index is 0.156. The molecule has 5 nitrogen and oxygen atoms in total. The molecule has 0 bridgehead atoms. The van der Waals surface area contributed by atoms with Crippen molar-refractivity contribution in [1.29, 1.82) is 0 Å². The smallest absolute Gasteiger partial charge is 0.237 e. The number of nitrogens with one attached hydrogen (secondary N) is 2. The van der Waals surface area contributed by atoms with Crippen LogP contribution in [0.4, 0.5) is 0 Å². The molecule has 0 saturated carbocycles. The van der Waals surface area contributed by atoms with Crippen molar-refractivity contribution in [3.05, 3.63) is 65.9 Å². The first-order chi connectivity index (χ1) is 11.7. The number of aromatic amines is 1. The predicted octanol–water partition coefficient (Wildman–Crippen LogP) is 2.36. The van der Waals surface area contributed by atoms with Gasteiger partial charge in [0, 0.05) is 23.6 Å². The van der Waals surface area contributed by atoms with E-state index in [1.54, 1.807) is 7.11 Å². The number of carbonyl (C=O) groups is 1. The molecule has 1 atom stereocenters. The van der Waals surface area contributed by atoms with E-state index in [4.69, 9.17) is 10.5 Å². The number of hydrogen-bond acceptors (Lipinski definition) is 3. The first-order valence-electron chi connectivity index (χ1n) is 7.88. The quantitative estimate of drug-likeness (QED) is 0.651. The molecule has 124 valence electrons. The number of ether oxygens (including phenoxy) is 1. The van der Waals surface area contributed by atoms with Crippen LogP contribution in [0, 0.1) is 0 Å². The number of H-pyrrole nitrogens is 1. The van der Waals surface area contributed by atoms with Crippen molar-refractivity contribution in [2.45, 2.75) is 19.0 Å². The average Bonchev–Trinajstić information content (AvgIpc) is 3.03. The van der Waals surface area contributed by atoms with Gasteiger partial charge in [0.05, 0.1) is 13.2 Å². The summed E-state index contributed by atoms with van der Waals surface area (Å²) in [5.41, 5.74) is 9.17. The molecular weight excluding hydrogens is 302 g/mol. The van der Waals surface area contributed by atoms with Gasteiger partial charge in [-0.25, -0.2) is 0 Å². The van der Waals surface area contributed by atoms with Crippen molar-refractivity contribution in [1.82, 2.24) is 10.3 Å². The Morgan fingerprint density at radius 3 is 2.71 bits per heavy atom. The van der Waals surface area contributed by atoms with Gasteiger partial charge in [-0.15, -0.1) is 0 Å². The van der Waals surface area contributed by atoms with E-state index in [0.29, 0.717) is 13.0 Å². The number of nitrogens with two attached hydrogens (primary N) is 1. The fraction of sp³-hybridized carbons (Fsp3) is 0.211. The number of amides is 1. The van der Waals surface area contributed by atoms with Gasteiger partial charge < -0.3 is 20.8 Å². The second-order valence-electron chi connectivity index (χ2n) is 5.74. The number of hydrogen-bond donors (Lipinski definition) is 3. The van der Waals surface area contributed by atoms with E-state index in [0.717, 1.165) is 27.8 Å². The van der Waals surface area contributed by atoms with E-state index >= 15 is 0 Å². The lowest BCUT2D eigenvalue weighted by atomic mass is 10.0. The highest BCUT2D eigenvalue weighted by molar-refractivity contribution is 5.86. The van der Waals surface area contributed by atoms with Gasteiger partial charge in [-0.1, -0.05) is 30.3 Å². The summed E-state index contributed by atoms with van der Waals surface area (Å²) in [6, 6.07) is 15.0. The van der Waals surface area contributed by atoms with Crippen LogP contribution in [0.1, 0.15) is 11.1 Å². The van der Waals surface area contributed by atoms with Gasteiger partial charge in [0.25, 0.3) is 0 Å². The van der Waals surface area contributed by atoms with Gasteiger partial charge in [0.2, 0.25) is 5.91 Å². The van der Waals surface area contributed by atoms with E-state index in [9.17, 15) is 4.79 Å². The Hall–Kier alpha value is -2.79. The van der Waals surface area contributed by atoms with Crippen LogP contribution in [0.3, 0.4) is 0 Å². The first kappa shape index (κ1) is 16.1. The van der Waals surface area contributed by atoms with Gasteiger partial charge in [-0.05, 0) is 35.7 Å². The maximum atomic E-state index is 12.2. The minimum atomic E-state index is -0.581. The molecule has 0 aliphatic heterocycles. The van der Waals surface area contributed by atoms with Crippen LogP contribution in [-0.4, -0.2) is 24.0 Å². The molecule has 0 fully saturated rings. The standard InChI is InChI=1S/C19H21N3O2/c1-24-15-8-6-13(7-9-15)11-22-19(23)17(20)10-14-12-21-18-5-3-2-4-16(14)18/h2-9,12,17,21H,10-11,20H2,1H3,(H,22,23)/t17-/m1/s1. The number of rotatable bonds is 6. The van der Waals surface area contributed by atoms with E-state index < -0.39 is 6.04 Å². The minimum Gasteiger partial charge on any atom is -0.497 e. The molecule has 0 saturated heterocycles. The fourth-order valence-corrected chi connectivity index (χ4v) is 2.69. The zero-order valence-electron chi connectivity index (χ0n) is 13.6. The van der Waals surface area contributed by atoms with Crippen LogP contribution in [0.2, 0.25) is 0 Å². The largest absolute Gasteiger partial charge is 0.497 e. The molecule has 4 N–H and O–H groups in total. The first-order valence-corrected chi connectivity index (χ1v) is 7.88. The molecule has 2 aromatic carbocycles. The van der Waals surface area contributed by atoms with Gasteiger partial charge in [-0.3, -0.25) is 4.79 Å². The normalized spacial score (nSPS) is 12.1. The molecule has 24 heavy (non-hydrogen) atoms. The third-order valence-corrected chi connectivity index (χ3v) is 4.08. The highest BCUT2D eigenvalue weighted by Crippen LogP contribution is 2.18. The fourth-order valence-electron chi connectivity index (χ4n) is 2.69. The van der Waals surface area contributed by atoms with Gasteiger partial charge in [0.15, 0.2) is 0 Å². The Balaban J connectivity index is 1.58. The Kier molecular flexibility index (Phi) is 4.82. The topological polar surface area (TPSA) is 80.1 Å². The molecule has 0 unspecified atom stereocenters. The summed E-state index contributed by atoms with van der Waals surface area (Å²) in [4.78, 5) is 15.4. The van der Waals surface area contributed by atoms with Crippen LogP contribution < -0.4 is 15.8 Å². The predicted molar refractivity (Wildman–Crippen MR) is 94.8 cm³/mol. The van der Waals surface area contributed by atoms with E-state index in [1.165, 1.54) is 0 Å². The summed E-state index contributed by atoms with van der Waals surface area (Å²) in [5, 5.41) is 3.99. The summed E-state index contributed by atoms with van der Waals surface area (Å²) in [6.45, 7) is 0.449. The molecule has 0 radical (unpaired) electrons. The lowest BCUT2D eigenvalue weighted by molar-refractivity contribution is -0.122. The number of methoxy groups -OCH3 is 1. The second kappa shape index (κ2) is 7.19. The van der Waals surface area contributed by atoms with Gasteiger partial charge >= 0.3 is 0 Å². The van der Waals surface area contributed by atoms with Crippen LogP contribution in [0.5, 0.6) is 5.75 Å². The Labute approximate surface area is 140 Å².